The van der Waals surface area contributed by atoms with Crippen molar-refractivity contribution >= 4 is 52.0 Å². The third-order valence-corrected chi connectivity index (χ3v) is 11.9. The SMILES string of the molecule is C.CC(C)(C)OC(=O)C[C@@H](C(=O)N1CCC[C@H]1C(=O)Cc1ccc2[nH]c(-c3ccc(NC(=O)[C@@H]4CCCN4C(=O)[C@H](CC(=O)OC(C)(C)C)c4ccccc4)cc3)c(F)c2c1)c1ccccc1. The second-order valence-electron chi connectivity index (χ2n) is 19.3. The smallest absolute Gasteiger partial charge is 0.307 e. The highest BCUT2D eigenvalue weighted by Gasteiger charge is 2.40. The summed E-state index contributed by atoms with van der Waals surface area (Å²) in [5.41, 5.74) is 2.27. The lowest BCUT2D eigenvalue weighted by atomic mass is 9.93. The molecule has 1 aromatic heterocycles. The van der Waals surface area contributed by atoms with Gasteiger partial charge < -0.3 is 29.6 Å². The Morgan fingerprint density at radius 3 is 1.69 bits per heavy atom. The molecule has 0 bridgehead atoms. The number of H-pyrrole nitrogens is 1. The summed E-state index contributed by atoms with van der Waals surface area (Å²) in [5, 5.41) is 3.23. The van der Waals surface area contributed by atoms with Gasteiger partial charge in [-0.15, -0.1) is 0 Å². The summed E-state index contributed by atoms with van der Waals surface area (Å²) in [5.74, 6) is -4.27. The van der Waals surface area contributed by atoms with E-state index >= 15 is 4.39 Å². The monoisotopic (exact) mass is 914 g/mol. The molecule has 2 aliphatic heterocycles. The lowest BCUT2D eigenvalue weighted by molar-refractivity contribution is -0.158. The van der Waals surface area contributed by atoms with Gasteiger partial charge in [-0.1, -0.05) is 86.3 Å². The van der Waals surface area contributed by atoms with Gasteiger partial charge in [0.05, 0.1) is 36.4 Å². The maximum Gasteiger partial charge on any atom is 0.307 e. The van der Waals surface area contributed by atoms with Crippen LogP contribution in [0.5, 0.6) is 0 Å². The lowest BCUT2D eigenvalue weighted by Crippen LogP contribution is -2.45. The Kier molecular flexibility index (Phi) is 15.5. The second kappa shape index (κ2) is 20.9. The molecule has 13 heteroatoms. The first-order chi connectivity index (χ1) is 31.3. The summed E-state index contributed by atoms with van der Waals surface area (Å²) in [6.07, 6.45) is 1.88. The van der Waals surface area contributed by atoms with Crippen molar-refractivity contribution in [2.45, 2.75) is 129 Å². The number of hydrogen-bond donors (Lipinski definition) is 2. The summed E-state index contributed by atoms with van der Waals surface area (Å²) < 4.78 is 27.3. The first kappa shape index (κ1) is 49.8. The van der Waals surface area contributed by atoms with E-state index < -0.39 is 52.9 Å². The number of likely N-dealkylation sites (tertiary alicyclic amines) is 2. The zero-order chi connectivity index (χ0) is 47.3. The fourth-order valence-corrected chi connectivity index (χ4v) is 9.01. The van der Waals surface area contributed by atoms with Crippen LogP contribution in [-0.2, 0) is 44.7 Å². The van der Waals surface area contributed by atoms with Crippen LogP contribution in [0.3, 0.4) is 0 Å². The maximum atomic E-state index is 16.2. The number of aromatic nitrogens is 1. The highest BCUT2D eigenvalue weighted by molar-refractivity contribution is 6.00. The van der Waals surface area contributed by atoms with Crippen LogP contribution in [0.4, 0.5) is 10.1 Å². The van der Waals surface area contributed by atoms with Crippen molar-refractivity contribution in [2.75, 3.05) is 18.4 Å². The molecule has 12 nitrogen and oxygen atoms in total. The van der Waals surface area contributed by atoms with Gasteiger partial charge in [-0.2, -0.15) is 0 Å². The van der Waals surface area contributed by atoms with Crippen molar-refractivity contribution in [1.82, 2.24) is 14.8 Å². The van der Waals surface area contributed by atoms with Crippen LogP contribution in [0.1, 0.15) is 116 Å². The number of Topliss-reactive ketones (excluding diaryl/α,β-unsaturated/α-hetero) is 1. The number of esters is 2. The van der Waals surface area contributed by atoms with Gasteiger partial charge in [0.1, 0.15) is 17.2 Å². The minimum Gasteiger partial charge on any atom is -0.460 e. The van der Waals surface area contributed by atoms with Gasteiger partial charge in [-0.3, -0.25) is 28.8 Å². The molecule has 5 aromatic rings. The van der Waals surface area contributed by atoms with Crippen LogP contribution >= 0.6 is 0 Å². The molecule has 0 radical (unpaired) electrons. The van der Waals surface area contributed by atoms with Gasteiger partial charge in [0, 0.05) is 41.7 Å². The molecule has 4 atom stereocenters. The van der Waals surface area contributed by atoms with Gasteiger partial charge in [0.25, 0.3) is 0 Å². The summed E-state index contributed by atoms with van der Waals surface area (Å²) in [4.78, 5) is 88.0. The molecule has 7 rings (SSSR count). The van der Waals surface area contributed by atoms with Crippen molar-refractivity contribution in [3.8, 4) is 11.3 Å². The summed E-state index contributed by atoms with van der Waals surface area (Å²) in [6, 6.07) is 28.5. The molecule has 4 aromatic carbocycles. The highest BCUT2D eigenvalue weighted by Crippen LogP contribution is 2.34. The average Bonchev–Trinajstić information content (AvgIpc) is 4.04. The van der Waals surface area contributed by atoms with Crippen LogP contribution in [0.2, 0.25) is 0 Å². The van der Waals surface area contributed by atoms with E-state index in [9.17, 15) is 28.8 Å². The third-order valence-electron chi connectivity index (χ3n) is 11.9. The topological polar surface area (TPSA) is 155 Å². The minimum atomic E-state index is -0.818. The Balaban J connectivity index is 0.00000741. The van der Waals surface area contributed by atoms with E-state index in [1.807, 2.05) is 24.3 Å². The number of aromatic amines is 1. The molecular formula is C54H63FN4O8. The second-order valence-corrected chi connectivity index (χ2v) is 19.3. The zero-order valence-corrected chi connectivity index (χ0v) is 38.5. The van der Waals surface area contributed by atoms with Crippen LogP contribution in [0.15, 0.2) is 103 Å². The van der Waals surface area contributed by atoms with Crippen molar-refractivity contribution < 1.29 is 42.6 Å². The number of hydrogen-bond acceptors (Lipinski definition) is 8. The first-order valence-corrected chi connectivity index (χ1v) is 22.7. The number of fused-ring (bicyclic) bond motifs is 1. The summed E-state index contributed by atoms with van der Waals surface area (Å²) >= 11 is 0. The molecule has 2 saturated heterocycles. The standard InChI is InChI=1S/C53H59FN4O8.CH4/c1-52(2,3)65-45(60)31-38(34-15-9-7-10-16-34)50(63)57-27-13-19-42(57)44(59)30-33-21-26-41-40(29-33)47(54)48(56-41)36-22-24-37(25-23-36)55-49(62)43-20-14-28-58(43)51(64)39(35-17-11-8-12-18-35)32-46(61)66-53(4,5)6;/h7-12,15-18,21-26,29,38-39,42-43,56H,13-14,19-20,27-28,30-32H2,1-6H3,(H,55,62);1H4/t38-,39-,42+,43+;/m1./s1. The molecule has 0 saturated carbocycles. The van der Waals surface area contributed by atoms with Crippen LogP contribution in [0.25, 0.3) is 22.2 Å². The molecule has 3 amide bonds. The number of carbonyl (C=O) groups excluding carboxylic acids is 6. The van der Waals surface area contributed by atoms with Crippen molar-refractivity contribution in [3.63, 3.8) is 0 Å². The van der Waals surface area contributed by atoms with Crippen LogP contribution in [0, 0.1) is 5.82 Å². The third kappa shape index (κ3) is 12.2. The van der Waals surface area contributed by atoms with Crippen LogP contribution < -0.4 is 5.32 Å². The predicted octanol–water partition coefficient (Wildman–Crippen LogP) is 9.67. The Labute approximate surface area is 392 Å². The number of amides is 3. The first-order valence-electron chi connectivity index (χ1n) is 22.7. The number of halogens is 1. The molecule has 3 heterocycles. The number of rotatable bonds is 14. The van der Waals surface area contributed by atoms with E-state index in [1.165, 1.54) is 0 Å². The fourth-order valence-electron chi connectivity index (χ4n) is 9.01. The van der Waals surface area contributed by atoms with E-state index in [-0.39, 0.29) is 55.9 Å². The van der Waals surface area contributed by atoms with E-state index in [4.69, 9.17) is 9.47 Å². The van der Waals surface area contributed by atoms with E-state index in [2.05, 4.69) is 10.3 Å². The van der Waals surface area contributed by atoms with E-state index in [0.29, 0.717) is 77.6 Å². The molecule has 2 N–H and O–H groups in total. The quantitative estimate of drug-likeness (QED) is 0.104. The van der Waals surface area contributed by atoms with E-state index in [0.717, 1.165) is 0 Å². The summed E-state index contributed by atoms with van der Waals surface area (Å²) in [7, 11) is 0. The Bertz CT molecular complexity index is 2580. The van der Waals surface area contributed by atoms with E-state index in [1.54, 1.807) is 130 Å². The Hall–Kier alpha value is -6.63. The summed E-state index contributed by atoms with van der Waals surface area (Å²) in [6.45, 7) is 11.4. The predicted molar refractivity (Wildman–Crippen MR) is 257 cm³/mol. The molecule has 354 valence electrons. The number of anilines is 1. The molecule has 0 unspecified atom stereocenters. The lowest BCUT2D eigenvalue weighted by Gasteiger charge is -2.29. The minimum absolute atomic E-state index is 0. The number of carbonyl (C=O) groups is 6. The number of ether oxygens (including phenoxy) is 2. The van der Waals surface area contributed by atoms with Gasteiger partial charge in [-0.05, 0) is 108 Å². The van der Waals surface area contributed by atoms with Crippen LogP contribution in [-0.4, -0.2) is 86.6 Å². The van der Waals surface area contributed by atoms with Crippen molar-refractivity contribution in [1.29, 1.82) is 0 Å². The van der Waals surface area contributed by atoms with Crippen molar-refractivity contribution in [2.24, 2.45) is 0 Å². The number of nitrogens with one attached hydrogen (secondary N) is 2. The highest BCUT2D eigenvalue weighted by atomic mass is 19.1. The van der Waals surface area contributed by atoms with Gasteiger partial charge in [0.15, 0.2) is 11.6 Å². The zero-order valence-electron chi connectivity index (χ0n) is 38.5. The number of nitrogens with zero attached hydrogens (tertiary/aromatic N) is 2. The molecule has 2 fully saturated rings. The van der Waals surface area contributed by atoms with Gasteiger partial charge in [0.2, 0.25) is 17.7 Å². The molecule has 67 heavy (non-hydrogen) atoms. The molecule has 2 aliphatic rings. The molecular weight excluding hydrogens is 852 g/mol. The largest absolute Gasteiger partial charge is 0.460 e. The number of ketones is 1. The van der Waals surface area contributed by atoms with Gasteiger partial charge in [-0.25, -0.2) is 4.39 Å². The van der Waals surface area contributed by atoms with Gasteiger partial charge >= 0.3 is 11.9 Å². The normalized spacial score (nSPS) is 17.1. The molecule has 0 aliphatic carbocycles. The average molecular weight is 915 g/mol. The molecule has 0 spiro atoms. The maximum absolute atomic E-state index is 16.2. The Morgan fingerprint density at radius 2 is 1.18 bits per heavy atom. The van der Waals surface area contributed by atoms with Crippen molar-refractivity contribution in [3.05, 3.63) is 126 Å². The Morgan fingerprint density at radius 1 is 0.687 bits per heavy atom. The number of benzene rings is 4. The fraction of sp³-hybridized carbons (Fsp3) is 0.407.